The number of carbonyl (C=O) groups is 2. The second-order valence-corrected chi connectivity index (χ2v) is 27.0. The van der Waals surface area contributed by atoms with Crippen molar-refractivity contribution < 1.29 is 42.0 Å². The Labute approximate surface area is 423 Å². The number of ether oxygens (including phenoxy) is 1. The smallest absolute Gasteiger partial charge is 0.468 e. The summed E-state index contributed by atoms with van der Waals surface area (Å²) in [6.07, 6.45) is 13.0. The number of hydrogen-bond acceptors (Lipinski definition) is 9. The molecule has 352 valence electrons. The van der Waals surface area contributed by atoms with Gasteiger partial charge in [0.25, 0.3) is 23.1 Å². The van der Waals surface area contributed by atoms with Gasteiger partial charge in [-0.25, -0.2) is 19.9 Å². The quantitative estimate of drug-likeness (QED) is 0.0378. The number of carbonyl (C=O) groups excluding carboxylic acids is 2. The maximum atomic E-state index is 10.8. The van der Waals surface area contributed by atoms with Crippen LogP contribution in [0.25, 0.3) is 0 Å². The van der Waals surface area contributed by atoms with E-state index in [-0.39, 0.29) is 28.9 Å². The van der Waals surface area contributed by atoms with Crippen molar-refractivity contribution in [1.29, 1.82) is 0 Å². The Morgan fingerprint density at radius 2 is 0.881 bits per heavy atom. The van der Waals surface area contributed by atoms with Crippen molar-refractivity contribution >= 4 is 66.1 Å². The third kappa shape index (κ3) is 17.9. The topological polar surface area (TPSA) is 113 Å². The van der Waals surface area contributed by atoms with E-state index in [1.54, 1.807) is 31.7 Å². The Balaban J connectivity index is 0.000000385. The molecule has 0 saturated carbocycles. The SMILES string of the molecule is CC(C)(C)[Si](OCCCc1ncc(Br)cn1)(c1ccccc1)c1ccccc1.CC(C)(C)[Si](OCCCc1ncc(C=O)cn1)(c1ccccc1)c1ccccc1.CCOC=O.[CH2-]CCC.[Li+]. The van der Waals surface area contributed by atoms with Crippen LogP contribution >= 0.6 is 15.9 Å². The third-order valence-electron chi connectivity index (χ3n) is 10.7. The molecule has 13 heteroatoms. The molecule has 0 fully saturated rings. The monoisotopic (exact) mass is 996 g/mol. The fourth-order valence-corrected chi connectivity index (χ4v) is 16.9. The van der Waals surface area contributed by atoms with E-state index in [9.17, 15) is 9.59 Å². The second-order valence-electron chi connectivity index (χ2n) is 17.5. The van der Waals surface area contributed by atoms with E-state index >= 15 is 0 Å². The minimum absolute atomic E-state index is 0. The number of aromatic nitrogens is 4. The first-order valence-electron chi connectivity index (χ1n) is 22.8. The van der Waals surface area contributed by atoms with Gasteiger partial charge in [-0.3, -0.25) is 9.59 Å². The number of benzene rings is 4. The van der Waals surface area contributed by atoms with Gasteiger partial charge in [0.05, 0.1) is 16.6 Å². The molecule has 6 aromatic rings. The molecular formula is C54H70BrLiN4O5Si2. The molecule has 0 aliphatic rings. The summed E-state index contributed by atoms with van der Waals surface area (Å²) in [7, 11) is -4.93. The number of unbranched alkanes of at least 4 members (excludes halogenated alkanes) is 1. The summed E-state index contributed by atoms with van der Waals surface area (Å²) in [4.78, 5) is 37.2. The zero-order valence-electron chi connectivity index (χ0n) is 41.3. The molecular weight excluding hydrogens is 928 g/mol. The summed E-state index contributed by atoms with van der Waals surface area (Å²) in [6, 6.07) is 42.8. The van der Waals surface area contributed by atoms with Crippen LogP contribution in [0.15, 0.2) is 151 Å². The molecule has 9 nitrogen and oxygen atoms in total. The van der Waals surface area contributed by atoms with Crippen molar-refractivity contribution in [2.24, 2.45) is 0 Å². The standard InChI is InChI=1S/C24H28N2O2Si.C23H27BrN2OSi.C4H9.C3H6O2.Li/c1-24(2,3)29(21-11-6-4-7-12-21,22-13-8-5-9-14-22)28-16-10-15-23-25-17-20(19-27)18-26-23;1-23(2,3)28(20-11-6-4-7-12-20,21-13-8-5-9-14-21)27-16-10-15-22-25-17-19(24)18-26-22;1-3-4-2;1-2-5-3-4;/h4-9,11-14,17-19H,10,15-16H2,1-3H3;4-9,11-14,17-18H,10,15-16H2,1-3H3;1,3-4H2,2H3;3H,2H2,1H3;/q;;-1;;+1. The minimum Gasteiger partial charge on any atom is -0.468 e. The van der Waals surface area contributed by atoms with Crippen LogP contribution in [0.3, 0.4) is 0 Å². The number of hydrogen-bond donors (Lipinski definition) is 0. The van der Waals surface area contributed by atoms with Gasteiger partial charge in [-0.2, -0.15) is 6.42 Å². The fourth-order valence-electron chi connectivity index (χ4n) is 7.53. The second kappa shape index (κ2) is 30.9. The maximum absolute atomic E-state index is 10.8. The summed E-state index contributed by atoms with van der Waals surface area (Å²) in [5, 5.41) is 5.17. The van der Waals surface area contributed by atoms with E-state index in [1.165, 1.54) is 27.2 Å². The van der Waals surface area contributed by atoms with Crippen LogP contribution < -0.4 is 39.6 Å². The van der Waals surface area contributed by atoms with Gasteiger partial charge in [-0.1, -0.05) is 176 Å². The molecule has 0 bridgehead atoms. The molecule has 0 aliphatic carbocycles. The molecule has 0 unspecified atom stereocenters. The Morgan fingerprint density at radius 3 is 1.12 bits per heavy atom. The number of aldehydes is 1. The first-order valence-corrected chi connectivity index (χ1v) is 27.4. The maximum Gasteiger partial charge on any atom is 1.00 e. The summed E-state index contributed by atoms with van der Waals surface area (Å²) < 4.78 is 18.8. The van der Waals surface area contributed by atoms with Gasteiger partial charge in [0, 0.05) is 50.8 Å². The molecule has 6 rings (SSSR count). The van der Waals surface area contributed by atoms with Crippen LogP contribution in [0.2, 0.25) is 10.1 Å². The molecule has 0 spiro atoms. The molecule has 4 aromatic carbocycles. The van der Waals surface area contributed by atoms with Crippen LogP contribution in [-0.4, -0.2) is 69.1 Å². The van der Waals surface area contributed by atoms with Crippen molar-refractivity contribution in [2.45, 2.75) is 104 Å². The fraction of sp³-hybridized carbons (Fsp3) is 0.352. The Morgan fingerprint density at radius 1 is 0.567 bits per heavy atom. The Bertz CT molecular complexity index is 2140. The Kier molecular flexibility index (Phi) is 27.1. The molecule has 0 aliphatic heterocycles. The molecule has 2 heterocycles. The predicted octanol–water partition coefficient (Wildman–Crippen LogP) is 7.35. The van der Waals surface area contributed by atoms with E-state index in [4.69, 9.17) is 8.85 Å². The van der Waals surface area contributed by atoms with E-state index in [2.05, 4.69) is 217 Å². The zero-order chi connectivity index (χ0) is 48.3. The summed E-state index contributed by atoms with van der Waals surface area (Å²) in [6.45, 7) is 23.4. The molecule has 0 saturated heterocycles. The van der Waals surface area contributed by atoms with E-state index in [0.29, 0.717) is 31.9 Å². The molecule has 0 radical (unpaired) electrons. The van der Waals surface area contributed by atoms with Crippen molar-refractivity contribution in [3.63, 3.8) is 0 Å². The number of aryl methyl sites for hydroxylation is 2. The first-order chi connectivity index (χ1) is 31.7. The number of rotatable bonds is 18. The van der Waals surface area contributed by atoms with Crippen molar-refractivity contribution in [3.8, 4) is 0 Å². The van der Waals surface area contributed by atoms with E-state index in [1.807, 2.05) is 0 Å². The third-order valence-corrected chi connectivity index (χ3v) is 21.2. The molecule has 2 aromatic heterocycles. The number of nitrogens with zero attached hydrogens (tertiary/aromatic N) is 4. The summed E-state index contributed by atoms with van der Waals surface area (Å²) in [5.74, 6) is 1.59. The van der Waals surface area contributed by atoms with Gasteiger partial charge in [0.2, 0.25) is 0 Å². The van der Waals surface area contributed by atoms with Gasteiger partial charge in [0.15, 0.2) is 6.29 Å². The predicted molar refractivity (Wildman–Crippen MR) is 279 cm³/mol. The average Bonchev–Trinajstić information content (AvgIpc) is 3.33. The molecule has 67 heavy (non-hydrogen) atoms. The molecule has 0 amide bonds. The minimum atomic E-state index is -2.49. The largest absolute Gasteiger partial charge is 1.00 e. The van der Waals surface area contributed by atoms with Crippen molar-refractivity contribution in [2.75, 3.05) is 19.8 Å². The average molecular weight is 998 g/mol. The van der Waals surface area contributed by atoms with Crippen molar-refractivity contribution in [3.05, 3.63) is 175 Å². The van der Waals surface area contributed by atoms with Gasteiger partial charge >= 0.3 is 18.9 Å². The normalized spacial score (nSPS) is 11.2. The zero-order valence-corrected chi connectivity index (χ0v) is 44.9. The van der Waals surface area contributed by atoms with Crippen LogP contribution in [0.1, 0.15) is 103 Å². The molecule has 0 atom stereocenters. The van der Waals surface area contributed by atoms with Gasteiger partial charge in [-0.05, 0) is 66.5 Å². The van der Waals surface area contributed by atoms with Crippen LogP contribution in [-0.2, 0) is 31.2 Å². The first kappa shape index (κ1) is 58.7. The Hall–Kier alpha value is -4.39. The van der Waals surface area contributed by atoms with E-state index in [0.717, 1.165) is 54.5 Å². The van der Waals surface area contributed by atoms with Gasteiger partial charge < -0.3 is 20.5 Å². The van der Waals surface area contributed by atoms with Crippen LogP contribution in [0.5, 0.6) is 0 Å². The van der Waals surface area contributed by atoms with Crippen molar-refractivity contribution in [1.82, 2.24) is 19.9 Å². The van der Waals surface area contributed by atoms with Gasteiger partial charge in [-0.15, -0.1) is 0 Å². The summed E-state index contributed by atoms with van der Waals surface area (Å²) >= 11 is 3.38. The van der Waals surface area contributed by atoms with Gasteiger partial charge in [0.1, 0.15) is 11.6 Å². The number of halogens is 1. The van der Waals surface area contributed by atoms with Crippen LogP contribution in [0.4, 0.5) is 0 Å². The summed E-state index contributed by atoms with van der Waals surface area (Å²) in [5.41, 5.74) is 0.498. The molecule has 0 N–H and O–H groups in total. The van der Waals surface area contributed by atoms with Crippen LogP contribution in [0, 0.1) is 6.92 Å². The van der Waals surface area contributed by atoms with E-state index < -0.39 is 16.6 Å².